The highest BCUT2D eigenvalue weighted by Crippen LogP contribution is 2.46. The normalized spacial score (nSPS) is 23.2. The SMILES string of the molecule is CC1(C2CC(=O)c3c([nH]c4ccc(Cl)cc4c3=O)C2)CCCCC1. The molecule has 24 heavy (non-hydrogen) atoms. The third-order valence-corrected chi connectivity index (χ3v) is 6.42. The molecule has 1 heterocycles. The number of ketones is 1. The van der Waals surface area contributed by atoms with Gasteiger partial charge < -0.3 is 4.98 Å². The van der Waals surface area contributed by atoms with Crippen molar-refractivity contribution in [3.63, 3.8) is 0 Å². The lowest BCUT2D eigenvalue weighted by atomic mass is 9.62. The Bertz CT molecular complexity index is 877. The Kier molecular flexibility index (Phi) is 3.80. The first-order valence-corrected chi connectivity index (χ1v) is 9.23. The predicted molar refractivity (Wildman–Crippen MR) is 96.9 cm³/mol. The van der Waals surface area contributed by atoms with Crippen LogP contribution in [0, 0.1) is 11.3 Å². The number of rotatable bonds is 1. The molecule has 1 atom stereocenters. The summed E-state index contributed by atoms with van der Waals surface area (Å²) in [7, 11) is 0. The number of benzene rings is 1. The lowest BCUT2D eigenvalue weighted by Gasteiger charge is -2.42. The average molecular weight is 344 g/mol. The van der Waals surface area contributed by atoms with E-state index in [4.69, 9.17) is 11.6 Å². The molecule has 0 spiro atoms. The minimum absolute atomic E-state index is 0.00354. The number of halogens is 1. The van der Waals surface area contributed by atoms with Gasteiger partial charge in [-0.3, -0.25) is 9.59 Å². The van der Waals surface area contributed by atoms with E-state index in [-0.39, 0.29) is 16.6 Å². The molecule has 2 aromatic rings. The minimum atomic E-state index is -0.168. The maximum Gasteiger partial charge on any atom is 0.200 e. The molecule has 0 aliphatic heterocycles. The standard InChI is InChI=1S/C20H22ClNO2/c1-20(7-3-2-4-8-20)12-9-16-18(17(23)10-12)19(24)14-11-13(21)5-6-15(14)22-16/h5-6,11-12H,2-4,7-10H2,1H3,(H,22,24). The van der Waals surface area contributed by atoms with Gasteiger partial charge in [0, 0.05) is 28.0 Å². The fourth-order valence-corrected chi connectivity index (χ4v) is 4.84. The van der Waals surface area contributed by atoms with Crippen molar-refractivity contribution in [3.05, 3.63) is 44.7 Å². The van der Waals surface area contributed by atoms with Gasteiger partial charge in [-0.1, -0.05) is 37.8 Å². The monoisotopic (exact) mass is 343 g/mol. The van der Waals surface area contributed by atoms with Crippen molar-refractivity contribution >= 4 is 28.3 Å². The quantitative estimate of drug-likeness (QED) is 0.800. The Morgan fingerprint density at radius 1 is 1.12 bits per heavy atom. The molecule has 1 saturated carbocycles. The van der Waals surface area contributed by atoms with E-state index < -0.39 is 0 Å². The maximum atomic E-state index is 12.8. The summed E-state index contributed by atoms with van der Waals surface area (Å²) in [6, 6.07) is 5.25. The molecular weight excluding hydrogens is 322 g/mol. The van der Waals surface area contributed by atoms with E-state index in [1.807, 2.05) is 6.07 Å². The van der Waals surface area contributed by atoms with Gasteiger partial charge >= 0.3 is 0 Å². The second-order valence-electron chi connectivity index (χ2n) is 7.74. The number of H-pyrrole nitrogens is 1. The minimum Gasteiger partial charge on any atom is -0.358 e. The molecule has 1 aromatic carbocycles. The van der Waals surface area contributed by atoms with Gasteiger partial charge in [-0.15, -0.1) is 0 Å². The molecule has 0 bridgehead atoms. The van der Waals surface area contributed by atoms with E-state index in [2.05, 4.69) is 11.9 Å². The second-order valence-corrected chi connectivity index (χ2v) is 8.18. The topological polar surface area (TPSA) is 49.9 Å². The molecule has 0 saturated heterocycles. The highest BCUT2D eigenvalue weighted by atomic mass is 35.5. The number of Topliss-reactive ketones (excluding diaryl/α,β-unsaturated/α-hetero) is 1. The van der Waals surface area contributed by atoms with Crippen LogP contribution in [0.2, 0.25) is 5.02 Å². The highest BCUT2D eigenvalue weighted by Gasteiger charge is 2.40. The number of fused-ring (bicyclic) bond motifs is 2. The smallest absolute Gasteiger partial charge is 0.200 e. The van der Waals surface area contributed by atoms with Crippen molar-refractivity contribution in [1.29, 1.82) is 0 Å². The van der Waals surface area contributed by atoms with E-state index in [0.29, 0.717) is 28.3 Å². The number of carbonyl (C=O) groups excluding carboxylic acids is 1. The van der Waals surface area contributed by atoms with Crippen LogP contribution in [0.5, 0.6) is 0 Å². The van der Waals surface area contributed by atoms with Crippen LogP contribution in [-0.2, 0) is 6.42 Å². The zero-order chi connectivity index (χ0) is 16.9. The van der Waals surface area contributed by atoms with Gasteiger partial charge in [-0.05, 0) is 48.8 Å². The summed E-state index contributed by atoms with van der Waals surface area (Å²) in [5, 5.41) is 1.03. The molecule has 4 rings (SSSR count). The Balaban J connectivity index is 1.80. The van der Waals surface area contributed by atoms with Gasteiger partial charge in [0.25, 0.3) is 0 Å². The molecule has 4 heteroatoms. The van der Waals surface area contributed by atoms with Gasteiger partial charge in [0.1, 0.15) is 0 Å². The zero-order valence-corrected chi connectivity index (χ0v) is 14.7. The molecule has 2 aliphatic rings. The number of hydrogen-bond acceptors (Lipinski definition) is 2. The summed E-state index contributed by atoms with van der Waals surface area (Å²) in [5.41, 5.74) is 2.00. The Labute approximate surface area is 146 Å². The highest BCUT2D eigenvalue weighted by molar-refractivity contribution is 6.31. The Hall–Kier alpha value is -1.61. The van der Waals surface area contributed by atoms with E-state index in [1.165, 1.54) is 32.1 Å². The fraction of sp³-hybridized carbons (Fsp3) is 0.500. The number of hydrogen-bond donors (Lipinski definition) is 1. The number of nitrogens with one attached hydrogen (secondary N) is 1. The molecule has 0 radical (unpaired) electrons. The van der Waals surface area contributed by atoms with Crippen molar-refractivity contribution in [2.24, 2.45) is 11.3 Å². The number of aromatic nitrogens is 1. The van der Waals surface area contributed by atoms with Crippen LogP contribution in [0.15, 0.2) is 23.0 Å². The molecule has 1 fully saturated rings. The van der Waals surface area contributed by atoms with Crippen molar-refractivity contribution in [2.75, 3.05) is 0 Å². The Morgan fingerprint density at radius 3 is 2.62 bits per heavy atom. The maximum absolute atomic E-state index is 12.8. The van der Waals surface area contributed by atoms with Gasteiger partial charge in [-0.2, -0.15) is 0 Å². The largest absolute Gasteiger partial charge is 0.358 e. The molecular formula is C20H22ClNO2. The third kappa shape index (κ3) is 2.50. The summed E-state index contributed by atoms with van der Waals surface area (Å²) in [6.45, 7) is 2.33. The number of carbonyl (C=O) groups is 1. The van der Waals surface area contributed by atoms with E-state index in [1.54, 1.807) is 12.1 Å². The van der Waals surface area contributed by atoms with Crippen LogP contribution in [0.1, 0.15) is 61.5 Å². The number of aromatic amines is 1. The second kappa shape index (κ2) is 5.73. The van der Waals surface area contributed by atoms with Crippen LogP contribution in [0.3, 0.4) is 0 Å². The summed E-state index contributed by atoms with van der Waals surface area (Å²) in [4.78, 5) is 28.9. The first kappa shape index (κ1) is 15.9. The fourth-order valence-electron chi connectivity index (χ4n) is 4.66. The first-order chi connectivity index (χ1) is 11.5. The molecule has 1 N–H and O–H groups in total. The van der Waals surface area contributed by atoms with Crippen molar-refractivity contribution < 1.29 is 4.79 Å². The van der Waals surface area contributed by atoms with Crippen molar-refractivity contribution in [2.45, 2.75) is 51.9 Å². The summed E-state index contributed by atoms with van der Waals surface area (Å²) in [6.07, 6.45) is 7.47. The average Bonchev–Trinajstić information content (AvgIpc) is 2.56. The van der Waals surface area contributed by atoms with Crippen LogP contribution in [0.25, 0.3) is 10.9 Å². The molecule has 2 aliphatic carbocycles. The lowest BCUT2D eigenvalue weighted by Crippen LogP contribution is -2.38. The molecule has 1 unspecified atom stereocenters. The molecule has 0 amide bonds. The summed E-state index contributed by atoms with van der Waals surface area (Å²) >= 11 is 6.02. The van der Waals surface area contributed by atoms with Gasteiger partial charge in [0.15, 0.2) is 5.78 Å². The van der Waals surface area contributed by atoms with Crippen molar-refractivity contribution in [3.8, 4) is 0 Å². The van der Waals surface area contributed by atoms with E-state index >= 15 is 0 Å². The third-order valence-electron chi connectivity index (χ3n) is 6.18. The molecule has 126 valence electrons. The predicted octanol–water partition coefficient (Wildman–Crippen LogP) is 4.90. The van der Waals surface area contributed by atoms with Gasteiger partial charge in [0.05, 0.1) is 5.56 Å². The zero-order valence-electron chi connectivity index (χ0n) is 14.0. The summed E-state index contributed by atoms with van der Waals surface area (Å²) < 4.78 is 0. The first-order valence-electron chi connectivity index (χ1n) is 8.85. The lowest BCUT2D eigenvalue weighted by molar-refractivity contribution is 0.0755. The van der Waals surface area contributed by atoms with E-state index in [0.717, 1.165) is 17.6 Å². The van der Waals surface area contributed by atoms with Gasteiger partial charge in [0.2, 0.25) is 5.43 Å². The number of pyridine rings is 1. The van der Waals surface area contributed by atoms with Crippen LogP contribution < -0.4 is 5.43 Å². The van der Waals surface area contributed by atoms with E-state index in [9.17, 15) is 9.59 Å². The van der Waals surface area contributed by atoms with Crippen LogP contribution >= 0.6 is 11.6 Å². The van der Waals surface area contributed by atoms with Gasteiger partial charge in [-0.25, -0.2) is 0 Å². The Morgan fingerprint density at radius 2 is 1.88 bits per heavy atom. The molecule has 1 aromatic heterocycles. The van der Waals surface area contributed by atoms with Crippen LogP contribution in [-0.4, -0.2) is 10.8 Å². The van der Waals surface area contributed by atoms with Crippen molar-refractivity contribution in [1.82, 2.24) is 4.98 Å². The summed E-state index contributed by atoms with van der Waals surface area (Å²) in [5.74, 6) is 0.328. The van der Waals surface area contributed by atoms with Crippen LogP contribution in [0.4, 0.5) is 0 Å². The molecule has 3 nitrogen and oxygen atoms in total.